The molecule has 7 nitrogen and oxygen atoms in total. The average Bonchev–Trinajstić information content (AvgIpc) is 2.45. The number of nitrogens with zero attached hydrogens (tertiary/aromatic N) is 4. The molecule has 3 atom stereocenters. The standard InChI is InChI=1S/C8H10N4O3S.Na/c1-8(3-10-11-9)6(7(14)15)12-4(13)2-5(12)16-8;/h5-6H,2-3H2,1H3,(H,14,15);/q;+1/p-1/t5-,6+,8+;/m1./s1. The van der Waals surface area contributed by atoms with Crippen LogP contribution in [0, 0.1) is 0 Å². The molecular weight excluding hydrogens is 255 g/mol. The summed E-state index contributed by atoms with van der Waals surface area (Å²) in [6, 6.07) is -1.01. The molecule has 2 heterocycles. The normalized spacial score (nSPS) is 34.2. The summed E-state index contributed by atoms with van der Waals surface area (Å²) >= 11 is 1.36. The first-order valence-corrected chi connectivity index (χ1v) is 5.58. The fourth-order valence-electron chi connectivity index (χ4n) is 2.14. The smallest absolute Gasteiger partial charge is 0.548 e. The van der Waals surface area contributed by atoms with Gasteiger partial charge in [-0.15, -0.1) is 11.8 Å². The van der Waals surface area contributed by atoms with E-state index in [1.54, 1.807) is 6.92 Å². The van der Waals surface area contributed by atoms with Gasteiger partial charge in [-0.05, 0) is 12.5 Å². The van der Waals surface area contributed by atoms with Crippen LogP contribution in [0.2, 0.25) is 0 Å². The second-order valence-corrected chi connectivity index (χ2v) is 5.71. The first kappa shape index (κ1) is 14.7. The van der Waals surface area contributed by atoms with E-state index < -0.39 is 16.8 Å². The Labute approximate surface area is 124 Å². The number of rotatable bonds is 3. The first-order chi connectivity index (χ1) is 7.49. The molecule has 0 spiro atoms. The molecule has 0 aliphatic carbocycles. The molecule has 0 bridgehead atoms. The Bertz CT molecular complexity index is 414. The molecule has 0 aromatic rings. The van der Waals surface area contributed by atoms with Gasteiger partial charge < -0.3 is 14.8 Å². The maximum absolute atomic E-state index is 11.3. The van der Waals surface area contributed by atoms with Crippen LogP contribution in [0.15, 0.2) is 5.11 Å². The van der Waals surface area contributed by atoms with Crippen molar-refractivity contribution in [1.82, 2.24) is 4.90 Å². The van der Waals surface area contributed by atoms with Crippen molar-refractivity contribution >= 4 is 23.6 Å². The van der Waals surface area contributed by atoms with Crippen LogP contribution in [-0.2, 0) is 9.59 Å². The third-order valence-corrected chi connectivity index (χ3v) is 4.44. The largest absolute Gasteiger partial charge is 1.00 e. The number of hydrogen-bond acceptors (Lipinski definition) is 5. The van der Waals surface area contributed by atoms with Crippen LogP contribution in [0.25, 0.3) is 10.4 Å². The number of aliphatic carboxylic acids is 1. The maximum Gasteiger partial charge on any atom is 1.00 e. The van der Waals surface area contributed by atoms with Crippen molar-refractivity contribution in [2.45, 2.75) is 29.5 Å². The van der Waals surface area contributed by atoms with Gasteiger partial charge in [0.1, 0.15) is 0 Å². The van der Waals surface area contributed by atoms with E-state index in [0.29, 0.717) is 6.42 Å². The van der Waals surface area contributed by atoms with E-state index in [-0.39, 0.29) is 47.4 Å². The molecule has 0 unspecified atom stereocenters. The number of thioether (sulfide) groups is 1. The van der Waals surface area contributed by atoms with Crippen LogP contribution in [0.4, 0.5) is 0 Å². The van der Waals surface area contributed by atoms with Gasteiger partial charge in [0.15, 0.2) is 0 Å². The van der Waals surface area contributed by atoms with Gasteiger partial charge in [-0.3, -0.25) is 4.79 Å². The van der Waals surface area contributed by atoms with Crippen LogP contribution >= 0.6 is 11.8 Å². The fourth-order valence-corrected chi connectivity index (χ4v) is 3.81. The molecule has 0 N–H and O–H groups in total. The number of fused-ring (bicyclic) bond motifs is 1. The van der Waals surface area contributed by atoms with Crippen molar-refractivity contribution in [1.29, 1.82) is 0 Å². The zero-order chi connectivity index (χ0) is 11.9. The van der Waals surface area contributed by atoms with Gasteiger partial charge in [0, 0.05) is 16.2 Å². The van der Waals surface area contributed by atoms with Gasteiger partial charge in [0.2, 0.25) is 5.91 Å². The summed E-state index contributed by atoms with van der Waals surface area (Å²) in [5, 5.41) is 14.4. The molecule has 2 aliphatic heterocycles. The van der Waals surface area contributed by atoms with Gasteiger partial charge in [0.25, 0.3) is 0 Å². The predicted molar refractivity (Wildman–Crippen MR) is 54.1 cm³/mol. The molecule has 2 fully saturated rings. The summed E-state index contributed by atoms with van der Waals surface area (Å²) in [6.45, 7) is 1.71. The number of carboxylic acids is 1. The van der Waals surface area contributed by atoms with Gasteiger partial charge in [-0.25, -0.2) is 0 Å². The van der Waals surface area contributed by atoms with E-state index in [1.165, 1.54) is 16.7 Å². The Balaban J connectivity index is 0.00000144. The van der Waals surface area contributed by atoms with Crippen molar-refractivity contribution < 1.29 is 44.3 Å². The van der Waals surface area contributed by atoms with Crippen LogP contribution in [0.1, 0.15) is 13.3 Å². The van der Waals surface area contributed by atoms with Crippen LogP contribution in [0.5, 0.6) is 0 Å². The molecule has 0 saturated carbocycles. The van der Waals surface area contributed by atoms with E-state index >= 15 is 0 Å². The maximum atomic E-state index is 11.3. The average molecular weight is 264 g/mol. The molecule has 2 saturated heterocycles. The van der Waals surface area contributed by atoms with E-state index in [2.05, 4.69) is 10.0 Å². The molecule has 2 aliphatic rings. The van der Waals surface area contributed by atoms with E-state index in [0.717, 1.165) is 0 Å². The van der Waals surface area contributed by atoms with Gasteiger partial charge in [-0.2, -0.15) is 0 Å². The topological polar surface area (TPSA) is 109 Å². The minimum Gasteiger partial charge on any atom is -0.548 e. The Hall–Kier alpha value is -0.400. The number of hydrogen-bond donors (Lipinski definition) is 0. The summed E-state index contributed by atoms with van der Waals surface area (Å²) in [5.41, 5.74) is 8.27. The molecule has 0 aromatic carbocycles. The van der Waals surface area contributed by atoms with E-state index in [1.807, 2.05) is 0 Å². The zero-order valence-electron chi connectivity index (χ0n) is 9.49. The van der Waals surface area contributed by atoms with Gasteiger partial charge >= 0.3 is 29.6 Å². The number of amides is 1. The molecule has 0 radical (unpaired) electrons. The summed E-state index contributed by atoms with van der Waals surface area (Å²) in [7, 11) is 0. The van der Waals surface area contributed by atoms with Gasteiger partial charge in [-0.1, -0.05) is 5.11 Å². The second-order valence-electron chi connectivity index (χ2n) is 4.00. The molecule has 17 heavy (non-hydrogen) atoms. The van der Waals surface area contributed by atoms with Crippen molar-refractivity contribution in [2.24, 2.45) is 5.11 Å². The number of carboxylic acid groups (broad SMARTS) is 1. The van der Waals surface area contributed by atoms with Gasteiger partial charge in [0.05, 0.1) is 23.8 Å². The molecule has 0 aromatic heterocycles. The van der Waals surface area contributed by atoms with E-state index in [9.17, 15) is 14.7 Å². The molecule has 86 valence electrons. The third kappa shape index (κ3) is 2.28. The van der Waals surface area contributed by atoms with Crippen LogP contribution in [0.3, 0.4) is 0 Å². The third-order valence-electron chi connectivity index (χ3n) is 2.88. The monoisotopic (exact) mass is 264 g/mol. The Kier molecular flexibility index (Phi) is 4.38. The Morgan fingerprint density at radius 3 is 2.94 bits per heavy atom. The van der Waals surface area contributed by atoms with Crippen LogP contribution < -0.4 is 34.7 Å². The Morgan fingerprint density at radius 2 is 2.47 bits per heavy atom. The molecule has 2 rings (SSSR count). The minimum absolute atomic E-state index is 0. The molecule has 1 amide bonds. The molecule has 9 heteroatoms. The van der Waals surface area contributed by atoms with Crippen molar-refractivity contribution in [2.75, 3.05) is 6.54 Å². The summed E-state index contributed by atoms with van der Waals surface area (Å²) in [4.78, 5) is 26.3. The summed E-state index contributed by atoms with van der Waals surface area (Å²) < 4.78 is -0.790. The quantitative estimate of drug-likeness (QED) is 0.173. The number of carbonyl (C=O) groups is 2. The SMILES string of the molecule is C[C@@]1(CN=[N+]=[N-])S[C@@H]2CC(=O)N2[C@H]1C(=O)[O-].[Na+]. The van der Waals surface area contributed by atoms with Crippen molar-refractivity contribution in [3.05, 3.63) is 10.4 Å². The minimum atomic E-state index is -1.29. The zero-order valence-corrected chi connectivity index (χ0v) is 12.3. The number of carbonyl (C=O) groups excluding carboxylic acids is 2. The number of β-lactam (4-membered cyclic amide) rings is 1. The van der Waals surface area contributed by atoms with Crippen LogP contribution in [-0.4, -0.2) is 39.5 Å². The number of azide groups is 1. The van der Waals surface area contributed by atoms with Crippen molar-refractivity contribution in [3.8, 4) is 0 Å². The predicted octanol–water partition coefficient (Wildman–Crippen LogP) is -3.52. The van der Waals surface area contributed by atoms with Crippen molar-refractivity contribution in [3.63, 3.8) is 0 Å². The van der Waals surface area contributed by atoms with E-state index in [4.69, 9.17) is 5.53 Å². The summed E-state index contributed by atoms with van der Waals surface area (Å²) in [6.07, 6.45) is 0.348. The summed E-state index contributed by atoms with van der Waals surface area (Å²) in [5.74, 6) is -1.48. The first-order valence-electron chi connectivity index (χ1n) is 4.70. The second kappa shape index (κ2) is 5.07. The Morgan fingerprint density at radius 1 is 1.82 bits per heavy atom. The molecular formula is C8H9N4NaO3S. The fraction of sp³-hybridized carbons (Fsp3) is 0.750.